The first-order valence-electron chi connectivity index (χ1n) is 9.85. The van der Waals surface area contributed by atoms with Gasteiger partial charge in [0.15, 0.2) is 11.5 Å². The Hall–Kier alpha value is -3.40. The minimum absolute atomic E-state index is 0.182. The van der Waals surface area contributed by atoms with Gasteiger partial charge in [-0.25, -0.2) is 0 Å². The minimum atomic E-state index is -0.976. The molecular formula is C21H22N6O3S. The van der Waals surface area contributed by atoms with Gasteiger partial charge in [-0.15, -0.1) is 10.2 Å². The van der Waals surface area contributed by atoms with Crippen LogP contribution in [0.4, 0.5) is 5.69 Å². The Morgan fingerprint density at radius 1 is 1.19 bits per heavy atom. The number of pyridine rings is 1. The van der Waals surface area contributed by atoms with Crippen molar-refractivity contribution < 1.29 is 14.4 Å². The van der Waals surface area contributed by atoms with E-state index in [1.165, 1.54) is 0 Å². The van der Waals surface area contributed by atoms with Crippen LogP contribution >= 0.6 is 11.8 Å². The summed E-state index contributed by atoms with van der Waals surface area (Å²) in [5, 5.41) is 16.7. The van der Waals surface area contributed by atoms with E-state index in [2.05, 4.69) is 26.1 Å². The second-order valence-electron chi connectivity index (χ2n) is 7.15. The number of benzene rings is 1. The Morgan fingerprint density at radius 3 is 2.84 bits per heavy atom. The average Bonchev–Trinajstić information content (AvgIpc) is 3.15. The minimum Gasteiger partial charge on any atom is -0.346 e. The molecule has 160 valence electrons. The number of aromatic nitrogens is 3. The molecule has 10 heteroatoms. The maximum atomic E-state index is 12.8. The molecule has 0 saturated carbocycles. The molecule has 2 aromatic heterocycles. The number of fused-ring (bicyclic) bond motifs is 2. The number of hydrogen-bond donors (Lipinski definition) is 3. The highest BCUT2D eigenvalue weighted by molar-refractivity contribution is 7.98. The zero-order valence-electron chi connectivity index (χ0n) is 16.9. The molecule has 0 spiro atoms. The van der Waals surface area contributed by atoms with Crippen LogP contribution in [0.5, 0.6) is 0 Å². The fourth-order valence-corrected chi connectivity index (χ4v) is 3.96. The number of nitrogens with zero attached hydrogens (tertiary/aromatic N) is 3. The molecule has 0 fully saturated rings. The highest BCUT2D eigenvalue weighted by atomic mass is 32.2. The largest absolute Gasteiger partial charge is 0.346 e. The molecule has 3 heterocycles. The lowest BCUT2D eigenvalue weighted by molar-refractivity contribution is -0.126. The molecule has 3 amide bonds. The van der Waals surface area contributed by atoms with Gasteiger partial charge in [0, 0.05) is 6.20 Å². The smallest absolute Gasteiger partial charge is 0.254 e. The van der Waals surface area contributed by atoms with Gasteiger partial charge in [-0.2, -0.15) is 11.8 Å². The molecule has 1 aliphatic heterocycles. The predicted octanol–water partition coefficient (Wildman–Crippen LogP) is 1.78. The summed E-state index contributed by atoms with van der Waals surface area (Å²) in [4.78, 5) is 37.9. The Kier molecular flexibility index (Phi) is 6.17. The molecule has 0 bridgehead atoms. The van der Waals surface area contributed by atoms with E-state index in [0.29, 0.717) is 29.1 Å². The van der Waals surface area contributed by atoms with Gasteiger partial charge < -0.3 is 16.0 Å². The van der Waals surface area contributed by atoms with Crippen molar-refractivity contribution in [2.24, 2.45) is 0 Å². The number of carbonyl (C=O) groups is 3. The van der Waals surface area contributed by atoms with Gasteiger partial charge in [-0.05, 0) is 42.7 Å². The van der Waals surface area contributed by atoms with Crippen molar-refractivity contribution in [2.75, 3.05) is 17.3 Å². The summed E-state index contributed by atoms with van der Waals surface area (Å²) < 4.78 is 1.84. The molecule has 0 radical (unpaired) electrons. The molecule has 31 heavy (non-hydrogen) atoms. The summed E-state index contributed by atoms with van der Waals surface area (Å²) in [7, 11) is 0. The van der Waals surface area contributed by atoms with Crippen LogP contribution < -0.4 is 16.0 Å². The van der Waals surface area contributed by atoms with Gasteiger partial charge in [0.25, 0.3) is 5.91 Å². The third kappa shape index (κ3) is 4.53. The Labute approximate surface area is 183 Å². The molecule has 9 nitrogen and oxygen atoms in total. The molecule has 3 aromatic rings. The summed E-state index contributed by atoms with van der Waals surface area (Å²) >= 11 is 1.66. The van der Waals surface area contributed by atoms with E-state index in [-0.39, 0.29) is 18.4 Å². The van der Waals surface area contributed by atoms with Crippen molar-refractivity contribution in [3.63, 3.8) is 0 Å². The van der Waals surface area contributed by atoms with Crippen LogP contribution in [-0.2, 0) is 9.59 Å². The number of nitrogens with one attached hydrogen (secondary N) is 3. The summed E-state index contributed by atoms with van der Waals surface area (Å²) in [6, 6.07) is 11.0. The number of hydrogen-bond acceptors (Lipinski definition) is 6. The first-order valence-corrected chi connectivity index (χ1v) is 11.2. The molecule has 0 aliphatic carbocycles. The third-order valence-electron chi connectivity index (χ3n) is 5.04. The zero-order chi connectivity index (χ0) is 21.8. The summed E-state index contributed by atoms with van der Waals surface area (Å²) in [6.07, 6.45) is 4.30. The highest BCUT2D eigenvalue weighted by Crippen LogP contribution is 2.21. The number of carbonyl (C=O) groups excluding carboxylic acids is 3. The summed E-state index contributed by atoms with van der Waals surface area (Å²) in [5.74, 6) is 0.254. The van der Waals surface area contributed by atoms with E-state index in [0.717, 1.165) is 5.75 Å². The molecule has 1 aliphatic rings. The van der Waals surface area contributed by atoms with Gasteiger partial charge >= 0.3 is 0 Å². The standard InChI is InChI=1S/C21H22N6O3S/c1-31-11-9-15(19-26-25-17-8-4-5-10-27(17)19)22-18(28)12-16-21(30)23-14-7-3-2-6-13(14)20(29)24-16/h2-8,10,15-16H,9,11-12H2,1H3,(H,22,28)(H,23,30)(H,24,29). The number of rotatable bonds is 7. The van der Waals surface area contributed by atoms with E-state index in [1.54, 1.807) is 36.0 Å². The van der Waals surface area contributed by atoms with Crippen LogP contribution in [0.2, 0.25) is 0 Å². The maximum absolute atomic E-state index is 12.8. The fourth-order valence-electron chi connectivity index (χ4n) is 3.49. The summed E-state index contributed by atoms with van der Waals surface area (Å²) in [5.41, 5.74) is 1.49. The van der Waals surface area contributed by atoms with Gasteiger partial charge in [0.05, 0.1) is 23.7 Å². The number of amides is 3. The molecule has 4 rings (SSSR count). The second kappa shape index (κ2) is 9.17. The van der Waals surface area contributed by atoms with Crippen LogP contribution in [0, 0.1) is 0 Å². The van der Waals surface area contributed by atoms with Gasteiger partial charge in [0.2, 0.25) is 11.8 Å². The summed E-state index contributed by atoms with van der Waals surface area (Å²) in [6.45, 7) is 0. The van der Waals surface area contributed by atoms with Gasteiger partial charge in [-0.1, -0.05) is 18.2 Å². The quantitative estimate of drug-likeness (QED) is 0.518. The maximum Gasteiger partial charge on any atom is 0.254 e. The van der Waals surface area contributed by atoms with Crippen molar-refractivity contribution in [2.45, 2.75) is 24.9 Å². The van der Waals surface area contributed by atoms with Crippen LogP contribution in [0.15, 0.2) is 48.7 Å². The van der Waals surface area contributed by atoms with Crippen molar-refractivity contribution in [3.8, 4) is 0 Å². The van der Waals surface area contributed by atoms with E-state index >= 15 is 0 Å². The van der Waals surface area contributed by atoms with Gasteiger partial charge in [-0.3, -0.25) is 18.8 Å². The lowest BCUT2D eigenvalue weighted by atomic mass is 10.1. The SMILES string of the molecule is CSCCC(NC(=O)CC1NC(=O)c2ccccc2NC1=O)c1nnc2ccccn12. The van der Waals surface area contributed by atoms with E-state index in [4.69, 9.17) is 0 Å². The molecule has 3 N–H and O–H groups in total. The molecule has 0 saturated heterocycles. The van der Waals surface area contributed by atoms with Gasteiger partial charge in [0.1, 0.15) is 6.04 Å². The van der Waals surface area contributed by atoms with Crippen molar-refractivity contribution in [1.82, 2.24) is 25.2 Å². The van der Waals surface area contributed by atoms with Crippen LogP contribution in [0.1, 0.15) is 35.1 Å². The van der Waals surface area contributed by atoms with Crippen molar-refractivity contribution in [1.29, 1.82) is 0 Å². The van der Waals surface area contributed by atoms with Crippen molar-refractivity contribution in [3.05, 3.63) is 60.0 Å². The van der Waals surface area contributed by atoms with Crippen LogP contribution in [-0.4, -0.2) is 50.4 Å². The van der Waals surface area contributed by atoms with Crippen molar-refractivity contribution >= 4 is 40.8 Å². The number of anilines is 1. The van der Waals surface area contributed by atoms with Crippen LogP contribution in [0.3, 0.4) is 0 Å². The molecule has 2 unspecified atom stereocenters. The fraction of sp³-hybridized carbons (Fsp3) is 0.286. The zero-order valence-corrected chi connectivity index (χ0v) is 17.7. The third-order valence-corrected chi connectivity index (χ3v) is 5.68. The second-order valence-corrected chi connectivity index (χ2v) is 8.14. The Morgan fingerprint density at radius 2 is 2.00 bits per heavy atom. The molecular weight excluding hydrogens is 416 g/mol. The normalized spacial score (nSPS) is 16.7. The Bertz CT molecular complexity index is 1130. The lowest BCUT2D eigenvalue weighted by Crippen LogP contribution is -2.45. The van der Waals surface area contributed by atoms with Crippen LogP contribution in [0.25, 0.3) is 5.65 Å². The first-order chi connectivity index (χ1) is 15.1. The number of thioether (sulfide) groups is 1. The van der Waals surface area contributed by atoms with E-state index in [9.17, 15) is 14.4 Å². The molecule has 1 aromatic carbocycles. The van der Waals surface area contributed by atoms with E-state index in [1.807, 2.05) is 35.1 Å². The molecule has 2 atom stereocenters. The monoisotopic (exact) mass is 438 g/mol. The Balaban J connectivity index is 1.49. The number of para-hydroxylation sites is 1. The average molecular weight is 439 g/mol. The first kappa shape index (κ1) is 20.9. The van der Waals surface area contributed by atoms with E-state index < -0.39 is 17.9 Å². The highest BCUT2D eigenvalue weighted by Gasteiger charge is 2.30. The lowest BCUT2D eigenvalue weighted by Gasteiger charge is -2.19. The predicted molar refractivity (Wildman–Crippen MR) is 118 cm³/mol. The topological polar surface area (TPSA) is 117 Å².